The highest BCUT2D eigenvalue weighted by atomic mass is 16.5. The van der Waals surface area contributed by atoms with Crippen molar-refractivity contribution in [2.75, 3.05) is 6.61 Å². The maximum atomic E-state index is 10.1. The summed E-state index contributed by atoms with van der Waals surface area (Å²) in [6.07, 6.45) is 6.10. The smallest absolute Gasteiger partial charge is 0.0828 e. The average Bonchev–Trinajstić information content (AvgIpc) is 2.75. The normalized spacial score (nSPS) is 32.8. The molecular weight excluding hydrogens is 204 g/mol. The highest BCUT2D eigenvalue weighted by molar-refractivity contribution is 4.93. The number of hydrogen-bond acceptors (Lipinski definition) is 3. The zero-order valence-electron chi connectivity index (χ0n) is 10.2. The van der Waals surface area contributed by atoms with Crippen LogP contribution in [0.5, 0.6) is 0 Å². The van der Waals surface area contributed by atoms with E-state index in [1.54, 1.807) is 0 Å². The van der Waals surface area contributed by atoms with Gasteiger partial charge in [-0.15, -0.1) is 0 Å². The average molecular weight is 228 g/mol. The van der Waals surface area contributed by atoms with Gasteiger partial charge >= 0.3 is 0 Å². The third-order valence-corrected chi connectivity index (χ3v) is 4.34. The van der Waals surface area contributed by atoms with Crippen molar-refractivity contribution in [3.05, 3.63) is 0 Å². The minimum atomic E-state index is -0.568. The largest absolute Gasteiger partial charge is 0.390 e. The molecule has 0 radical (unpaired) electrons. The van der Waals surface area contributed by atoms with Crippen LogP contribution in [0.4, 0.5) is 0 Å². The molecule has 2 fully saturated rings. The van der Waals surface area contributed by atoms with Gasteiger partial charge in [0.1, 0.15) is 0 Å². The Morgan fingerprint density at radius 3 is 2.62 bits per heavy atom. The van der Waals surface area contributed by atoms with E-state index in [4.69, 9.17) is 4.74 Å². The van der Waals surface area contributed by atoms with Crippen molar-refractivity contribution in [3.63, 3.8) is 0 Å². The van der Waals surface area contributed by atoms with Gasteiger partial charge in [0.2, 0.25) is 0 Å². The highest BCUT2D eigenvalue weighted by Crippen LogP contribution is 2.43. The fourth-order valence-electron chi connectivity index (χ4n) is 3.28. The molecule has 3 nitrogen and oxygen atoms in total. The first-order chi connectivity index (χ1) is 7.67. The number of ether oxygens (including phenoxy) is 1. The van der Waals surface area contributed by atoms with Crippen molar-refractivity contribution >= 4 is 0 Å². The second kappa shape index (κ2) is 5.03. The molecule has 3 unspecified atom stereocenters. The Hall–Kier alpha value is -0.120. The highest BCUT2D eigenvalue weighted by Gasteiger charge is 2.42. The molecule has 1 aliphatic heterocycles. The molecule has 3 heteroatoms. The van der Waals surface area contributed by atoms with E-state index in [1.165, 1.54) is 12.8 Å². The Morgan fingerprint density at radius 1 is 1.31 bits per heavy atom. The van der Waals surface area contributed by atoms with Crippen LogP contribution in [-0.2, 0) is 4.74 Å². The van der Waals surface area contributed by atoms with E-state index in [-0.39, 0.29) is 11.5 Å². The molecule has 0 aromatic heterocycles. The SMILES string of the molecule is CCC(O)C(O)C1CCOC2(CCCC2)C1. The monoisotopic (exact) mass is 228 g/mol. The van der Waals surface area contributed by atoms with Gasteiger partial charge < -0.3 is 14.9 Å². The zero-order chi connectivity index (χ0) is 11.6. The molecule has 94 valence electrons. The molecule has 1 saturated carbocycles. The second-order valence-electron chi connectivity index (χ2n) is 5.46. The van der Waals surface area contributed by atoms with Crippen molar-refractivity contribution in [2.45, 2.75) is 69.7 Å². The lowest BCUT2D eigenvalue weighted by atomic mass is 9.80. The fourth-order valence-corrected chi connectivity index (χ4v) is 3.28. The van der Waals surface area contributed by atoms with Crippen LogP contribution in [-0.4, -0.2) is 34.6 Å². The molecule has 2 rings (SSSR count). The molecule has 2 N–H and O–H groups in total. The molecule has 1 spiro atoms. The Kier molecular flexibility index (Phi) is 3.88. The molecule has 16 heavy (non-hydrogen) atoms. The number of rotatable bonds is 3. The van der Waals surface area contributed by atoms with Crippen LogP contribution in [0.2, 0.25) is 0 Å². The lowest BCUT2D eigenvalue weighted by Gasteiger charge is -2.40. The topological polar surface area (TPSA) is 49.7 Å². The van der Waals surface area contributed by atoms with E-state index >= 15 is 0 Å². The first kappa shape index (κ1) is 12.3. The standard InChI is InChI=1S/C13H24O3/c1-2-11(14)12(15)10-5-8-16-13(9-10)6-3-4-7-13/h10-12,14-15H,2-9H2,1H3. The van der Waals surface area contributed by atoms with Crippen molar-refractivity contribution < 1.29 is 14.9 Å². The van der Waals surface area contributed by atoms with Gasteiger partial charge in [-0.05, 0) is 38.0 Å². The van der Waals surface area contributed by atoms with E-state index in [2.05, 4.69) is 0 Å². The molecule has 1 aliphatic carbocycles. The summed E-state index contributed by atoms with van der Waals surface area (Å²) in [6, 6.07) is 0. The Bertz CT molecular complexity index is 223. The van der Waals surface area contributed by atoms with Gasteiger partial charge in [-0.1, -0.05) is 19.8 Å². The van der Waals surface area contributed by atoms with Gasteiger partial charge in [-0.25, -0.2) is 0 Å². The quantitative estimate of drug-likeness (QED) is 0.775. The van der Waals surface area contributed by atoms with E-state index < -0.39 is 12.2 Å². The van der Waals surface area contributed by atoms with Gasteiger partial charge in [0.25, 0.3) is 0 Å². The summed E-state index contributed by atoms with van der Waals surface area (Å²) in [5.41, 5.74) is 0.0390. The van der Waals surface area contributed by atoms with Crippen LogP contribution in [0.15, 0.2) is 0 Å². The van der Waals surface area contributed by atoms with Crippen LogP contribution in [0.1, 0.15) is 51.9 Å². The maximum Gasteiger partial charge on any atom is 0.0828 e. The minimum Gasteiger partial charge on any atom is -0.390 e. The van der Waals surface area contributed by atoms with Crippen LogP contribution in [0.25, 0.3) is 0 Å². The number of aliphatic hydroxyl groups excluding tert-OH is 2. The molecule has 0 amide bonds. The van der Waals surface area contributed by atoms with E-state index in [0.29, 0.717) is 6.42 Å². The Balaban J connectivity index is 1.95. The summed E-state index contributed by atoms with van der Waals surface area (Å²) in [5.74, 6) is 0.224. The predicted molar refractivity (Wildman–Crippen MR) is 62.2 cm³/mol. The molecule has 2 aliphatic rings. The summed E-state index contributed by atoms with van der Waals surface area (Å²) in [6.45, 7) is 2.66. The van der Waals surface area contributed by atoms with Gasteiger partial charge in [0, 0.05) is 6.61 Å². The minimum absolute atomic E-state index is 0.0390. The Morgan fingerprint density at radius 2 is 2.00 bits per heavy atom. The molecule has 1 heterocycles. The summed E-state index contributed by atoms with van der Waals surface area (Å²) >= 11 is 0. The van der Waals surface area contributed by atoms with Crippen LogP contribution in [0, 0.1) is 5.92 Å². The molecule has 0 bridgehead atoms. The van der Waals surface area contributed by atoms with Crippen LogP contribution >= 0.6 is 0 Å². The van der Waals surface area contributed by atoms with Crippen molar-refractivity contribution in [1.29, 1.82) is 0 Å². The van der Waals surface area contributed by atoms with E-state index in [9.17, 15) is 10.2 Å². The summed E-state index contributed by atoms with van der Waals surface area (Å²) in [7, 11) is 0. The molecular formula is C13H24O3. The van der Waals surface area contributed by atoms with E-state index in [0.717, 1.165) is 32.3 Å². The second-order valence-corrected chi connectivity index (χ2v) is 5.46. The zero-order valence-corrected chi connectivity index (χ0v) is 10.2. The van der Waals surface area contributed by atoms with Gasteiger partial charge in [0.05, 0.1) is 17.8 Å². The predicted octanol–water partition coefficient (Wildman–Crippen LogP) is 1.86. The van der Waals surface area contributed by atoms with Crippen LogP contribution in [0.3, 0.4) is 0 Å². The number of hydrogen-bond donors (Lipinski definition) is 2. The van der Waals surface area contributed by atoms with Gasteiger partial charge in [-0.2, -0.15) is 0 Å². The Labute approximate surface area is 97.8 Å². The first-order valence-corrected chi connectivity index (χ1v) is 6.67. The van der Waals surface area contributed by atoms with Crippen molar-refractivity contribution in [3.8, 4) is 0 Å². The fraction of sp³-hybridized carbons (Fsp3) is 1.00. The molecule has 3 atom stereocenters. The molecule has 0 aromatic rings. The maximum absolute atomic E-state index is 10.1. The third kappa shape index (κ3) is 2.41. The number of aliphatic hydroxyl groups is 2. The van der Waals surface area contributed by atoms with Gasteiger partial charge in [-0.3, -0.25) is 0 Å². The van der Waals surface area contributed by atoms with Crippen LogP contribution < -0.4 is 0 Å². The lowest BCUT2D eigenvalue weighted by molar-refractivity contribution is -0.128. The summed E-state index contributed by atoms with van der Waals surface area (Å²) in [5, 5.41) is 19.8. The third-order valence-electron chi connectivity index (χ3n) is 4.34. The summed E-state index contributed by atoms with van der Waals surface area (Å²) in [4.78, 5) is 0. The molecule has 0 aromatic carbocycles. The first-order valence-electron chi connectivity index (χ1n) is 6.67. The lowest BCUT2D eigenvalue weighted by Crippen LogP contribution is -2.44. The van der Waals surface area contributed by atoms with Crippen molar-refractivity contribution in [2.24, 2.45) is 5.92 Å². The van der Waals surface area contributed by atoms with E-state index in [1.807, 2.05) is 6.92 Å². The molecule has 1 saturated heterocycles. The van der Waals surface area contributed by atoms with Gasteiger partial charge in [0.15, 0.2) is 0 Å². The van der Waals surface area contributed by atoms with Crippen molar-refractivity contribution in [1.82, 2.24) is 0 Å². The summed E-state index contributed by atoms with van der Waals surface area (Å²) < 4.78 is 5.93.